The van der Waals surface area contributed by atoms with Crippen molar-refractivity contribution in [2.24, 2.45) is 0 Å². The molecule has 1 N–H and O–H groups in total. The molecule has 0 atom stereocenters. The van der Waals surface area contributed by atoms with Crippen LogP contribution in [0.2, 0.25) is 0 Å². The molecule has 0 radical (unpaired) electrons. The first kappa shape index (κ1) is 20.4. The summed E-state index contributed by atoms with van der Waals surface area (Å²) in [6.45, 7) is 5.97. The van der Waals surface area contributed by atoms with Gasteiger partial charge < -0.3 is 19.5 Å². The van der Waals surface area contributed by atoms with Crippen molar-refractivity contribution >= 4 is 12.1 Å². The molecule has 1 rings (SSSR count). The third-order valence-electron chi connectivity index (χ3n) is 3.07. The van der Waals surface area contributed by atoms with Crippen molar-refractivity contribution < 1.29 is 23.8 Å². The van der Waals surface area contributed by atoms with Gasteiger partial charge in [-0.3, -0.25) is 4.79 Å². The maximum atomic E-state index is 11.8. The van der Waals surface area contributed by atoms with Gasteiger partial charge in [-0.1, -0.05) is 12.0 Å². The van der Waals surface area contributed by atoms with Gasteiger partial charge >= 0.3 is 12.1 Å². The Hall–Kier alpha value is -2.68. The van der Waals surface area contributed by atoms with Gasteiger partial charge in [0.2, 0.25) is 0 Å². The largest absolute Gasteiger partial charge is 0.493 e. The number of rotatable bonds is 7. The van der Waals surface area contributed by atoms with Crippen LogP contribution in [0.25, 0.3) is 0 Å². The minimum absolute atomic E-state index is 0.242. The normalized spacial score (nSPS) is 10.5. The third-order valence-corrected chi connectivity index (χ3v) is 3.07. The van der Waals surface area contributed by atoms with Crippen molar-refractivity contribution in [3.8, 4) is 18.1 Å². The highest BCUT2D eigenvalue weighted by Crippen LogP contribution is 2.21. The lowest BCUT2D eigenvalue weighted by Gasteiger charge is -2.20. The summed E-state index contributed by atoms with van der Waals surface area (Å²) < 4.78 is 15.5. The van der Waals surface area contributed by atoms with Gasteiger partial charge in [0.15, 0.2) is 0 Å². The van der Waals surface area contributed by atoms with Gasteiger partial charge in [0.1, 0.15) is 11.4 Å². The fourth-order valence-electron chi connectivity index (χ4n) is 1.91. The van der Waals surface area contributed by atoms with Crippen LogP contribution in [-0.4, -0.2) is 31.4 Å². The van der Waals surface area contributed by atoms with E-state index in [1.54, 1.807) is 39.0 Å². The second-order valence-corrected chi connectivity index (χ2v) is 6.35. The highest BCUT2D eigenvalue weighted by molar-refractivity contribution is 5.69. The zero-order valence-electron chi connectivity index (χ0n) is 15.2. The highest BCUT2D eigenvalue weighted by Gasteiger charge is 2.16. The van der Waals surface area contributed by atoms with E-state index in [0.29, 0.717) is 24.3 Å². The fourth-order valence-corrected chi connectivity index (χ4v) is 1.91. The van der Waals surface area contributed by atoms with E-state index in [9.17, 15) is 9.59 Å². The Labute approximate surface area is 148 Å². The first-order chi connectivity index (χ1) is 11.7. The molecular formula is C19H25NO5. The lowest BCUT2D eigenvalue weighted by Crippen LogP contribution is -2.32. The first-order valence-corrected chi connectivity index (χ1v) is 8.01. The predicted molar refractivity (Wildman–Crippen MR) is 94.2 cm³/mol. The van der Waals surface area contributed by atoms with E-state index in [1.165, 1.54) is 7.11 Å². The highest BCUT2D eigenvalue weighted by atomic mass is 16.6. The fraction of sp³-hybridized carbons (Fsp3) is 0.474. The number of benzene rings is 1. The topological polar surface area (TPSA) is 73.9 Å². The van der Waals surface area contributed by atoms with E-state index in [-0.39, 0.29) is 18.9 Å². The van der Waals surface area contributed by atoms with E-state index >= 15 is 0 Å². The zero-order chi connectivity index (χ0) is 18.9. The summed E-state index contributed by atoms with van der Waals surface area (Å²) in [6, 6.07) is 5.29. The minimum Gasteiger partial charge on any atom is -0.493 e. The summed E-state index contributed by atoms with van der Waals surface area (Å²) in [4.78, 5) is 22.9. The van der Waals surface area contributed by atoms with Crippen molar-refractivity contribution in [2.75, 3.05) is 13.7 Å². The SMILES string of the molecule is C#Cc1ccc(CNC(=O)OC(C)(C)C)c(OCCCC(=O)OC)c1. The Morgan fingerprint density at radius 1 is 1.28 bits per heavy atom. The maximum absolute atomic E-state index is 11.8. The number of terminal acetylenes is 1. The molecule has 0 unspecified atom stereocenters. The molecule has 1 aromatic carbocycles. The second kappa shape index (κ2) is 9.58. The van der Waals surface area contributed by atoms with Crippen LogP contribution < -0.4 is 10.1 Å². The zero-order valence-corrected chi connectivity index (χ0v) is 15.2. The number of carbonyl (C=O) groups is 2. The quantitative estimate of drug-likeness (QED) is 0.466. The number of ether oxygens (including phenoxy) is 3. The Morgan fingerprint density at radius 3 is 2.60 bits per heavy atom. The van der Waals surface area contributed by atoms with Crippen molar-refractivity contribution in [3.05, 3.63) is 29.3 Å². The van der Waals surface area contributed by atoms with Gasteiger partial charge in [0, 0.05) is 24.1 Å². The number of carbonyl (C=O) groups excluding carboxylic acids is 2. The molecule has 0 bridgehead atoms. The van der Waals surface area contributed by atoms with Gasteiger partial charge in [-0.15, -0.1) is 6.42 Å². The van der Waals surface area contributed by atoms with Gasteiger partial charge in [-0.2, -0.15) is 0 Å². The maximum Gasteiger partial charge on any atom is 0.407 e. The van der Waals surface area contributed by atoms with E-state index in [4.69, 9.17) is 15.9 Å². The second-order valence-electron chi connectivity index (χ2n) is 6.35. The number of esters is 1. The van der Waals surface area contributed by atoms with Crippen LogP contribution >= 0.6 is 0 Å². The van der Waals surface area contributed by atoms with Crippen LogP contribution in [-0.2, 0) is 20.8 Å². The van der Waals surface area contributed by atoms with Crippen LogP contribution in [0.5, 0.6) is 5.75 Å². The molecule has 136 valence electrons. The van der Waals surface area contributed by atoms with Crippen LogP contribution in [0.4, 0.5) is 4.79 Å². The molecule has 0 aliphatic carbocycles. The Kier molecular flexibility index (Phi) is 7.80. The average molecular weight is 347 g/mol. The molecule has 0 heterocycles. The first-order valence-electron chi connectivity index (χ1n) is 8.01. The molecule has 0 saturated carbocycles. The number of hydrogen-bond acceptors (Lipinski definition) is 5. The van der Waals surface area contributed by atoms with Crippen molar-refractivity contribution in [2.45, 2.75) is 45.8 Å². The molecule has 6 heteroatoms. The summed E-state index contributed by atoms with van der Waals surface area (Å²) in [7, 11) is 1.35. The monoisotopic (exact) mass is 347 g/mol. The van der Waals surface area contributed by atoms with Crippen molar-refractivity contribution in [1.29, 1.82) is 0 Å². The Morgan fingerprint density at radius 2 is 2.00 bits per heavy atom. The van der Waals surface area contributed by atoms with E-state index in [2.05, 4.69) is 16.0 Å². The van der Waals surface area contributed by atoms with Crippen molar-refractivity contribution in [1.82, 2.24) is 5.32 Å². The van der Waals surface area contributed by atoms with E-state index in [0.717, 1.165) is 5.56 Å². The predicted octanol–water partition coefficient (Wildman–Crippen LogP) is 3.02. The van der Waals surface area contributed by atoms with Gasteiger partial charge in [-0.05, 0) is 39.3 Å². The average Bonchev–Trinajstić information content (AvgIpc) is 2.55. The summed E-state index contributed by atoms with van der Waals surface area (Å²) in [5.74, 6) is 2.82. The number of alkyl carbamates (subject to hydrolysis) is 1. The molecule has 0 fully saturated rings. The number of nitrogens with one attached hydrogen (secondary N) is 1. The van der Waals surface area contributed by atoms with Crippen LogP contribution in [0, 0.1) is 12.3 Å². The Bertz CT molecular complexity index is 640. The van der Waals surface area contributed by atoms with Crippen molar-refractivity contribution in [3.63, 3.8) is 0 Å². The summed E-state index contributed by atoms with van der Waals surface area (Å²) in [5, 5.41) is 2.68. The third kappa shape index (κ3) is 8.11. The number of hydrogen-bond donors (Lipinski definition) is 1. The lowest BCUT2D eigenvalue weighted by atomic mass is 10.1. The molecular weight excluding hydrogens is 322 g/mol. The van der Waals surface area contributed by atoms with Gasteiger partial charge in [-0.25, -0.2) is 4.79 Å². The van der Waals surface area contributed by atoms with E-state index < -0.39 is 11.7 Å². The summed E-state index contributed by atoms with van der Waals surface area (Å²) in [6.07, 6.45) is 5.70. The molecule has 0 aliphatic heterocycles. The number of methoxy groups -OCH3 is 1. The molecule has 0 spiro atoms. The smallest absolute Gasteiger partial charge is 0.407 e. The molecule has 25 heavy (non-hydrogen) atoms. The molecule has 0 aliphatic rings. The summed E-state index contributed by atoms with van der Waals surface area (Å²) in [5.41, 5.74) is 0.872. The molecule has 0 aromatic heterocycles. The molecule has 6 nitrogen and oxygen atoms in total. The Balaban J connectivity index is 2.67. The van der Waals surface area contributed by atoms with Crippen LogP contribution in [0.3, 0.4) is 0 Å². The minimum atomic E-state index is -0.565. The molecule has 0 saturated heterocycles. The van der Waals surface area contributed by atoms with E-state index in [1.807, 2.05) is 0 Å². The lowest BCUT2D eigenvalue weighted by molar-refractivity contribution is -0.140. The standard InChI is InChI=1S/C19H25NO5/c1-6-14-9-10-15(13-20-18(22)25-19(2,3)4)16(12-14)24-11-7-8-17(21)23-5/h1,9-10,12H,7-8,11,13H2,2-5H3,(H,20,22). The molecule has 1 amide bonds. The number of amides is 1. The van der Waals surface area contributed by atoms with Gasteiger partial charge in [0.25, 0.3) is 0 Å². The van der Waals surface area contributed by atoms with Crippen LogP contribution in [0.1, 0.15) is 44.7 Å². The van der Waals surface area contributed by atoms with Crippen LogP contribution in [0.15, 0.2) is 18.2 Å². The summed E-state index contributed by atoms with van der Waals surface area (Å²) >= 11 is 0. The van der Waals surface area contributed by atoms with Gasteiger partial charge in [0.05, 0.1) is 13.7 Å². The molecule has 1 aromatic rings.